The maximum Gasteiger partial charge on any atom is 0.401 e. The minimum atomic E-state index is -4.09. The lowest BCUT2D eigenvalue weighted by molar-refractivity contribution is -0.145. The highest BCUT2D eigenvalue weighted by Crippen LogP contribution is 2.15. The van der Waals surface area contributed by atoms with Gasteiger partial charge in [0.2, 0.25) is 0 Å². The van der Waals surface area contributed by atoms with Crippen molar-refractivity contribution in [2.45, 2.75) is 26.9 Å². The van der Waals surface area contributed by atoms with E-state index >= 15 is 0 Å². The molecule has 1 N–H and O–H groups in total. The number of hydrogen-bond acceptors (Lipinski definition) is 2. The first-order chi connectivity index (χ1) is 6.85. The van der Waals surface area contributed by atoms with Crippen LogP contribution in [0.15, 0.2) is 0 Å². The Morgan fingerprint density at radius 1 is 1.27 bits per heavy atom. The van der Waals surface area contributed by atoms with E-state index in [2.05, 4.69) is 19.2 Å². The van der Waals surface area contributed by atoms with Gasteiger partial charge in [-0.1, -0.05) is 20.8 Å². The van der Waals surface area contributed by atoms with Crippen LogP contribution in [0.4, 0.5) is 13.2 Å². The number of rotatable bonds is 7. The highest BCUT2D eigenvalue weighted by Gasteiger charge is 2.29. The number of nitrogens with one attached hydrogen (secondary N) is 1. The molecule has 0 atom stereocenters. The highest BCUT2D eigenvalue weighted by molar-refractivity contribution is 4.63. The second-order valence-electron chi connectivity index (χ2n) is 4.08. The zero-order chi connectivity index (χ0) is 11.9. The van der Waals surface area contributed by atoms with Gasteiger partial charge in [0.1, 0.15) is 0 Å². The number of hydrogen-bond donors (Lipinski definition) is 1. The van der Waals surface area contributed by atoms with Gasteiger partial charge in [0.15, 0.2) is 0 Å². The summed E-state index contributed by atoms with van der Waals surface area (Å²) in [6.07, 6.45) is -4.09. The van der Waals surface area contributed by atoms with Gasteiger partial charge in [-0.25, -0.2) is 0 Å². The summed E-state index contributed by atoms with van der Waals surface area (Å²) in [5.74, 6) is 0.530. The van der Waals surface area contributed by atoms with Gasteiger partial charge in [0.05, 0.1) is 6.54 Å². The SMILES string of the molecule is CCN(CCNCC(C)C)CC(F)(F)F. The van der Waals surface area contributed by atoms with Crippen LogP contribution in [0.2, 0.25) is 0 Å². The molecule has 0 heterocycles. The van der Waals surface area contributed by atoms with Crippen LogP contribution in [-0.4, -0.2) is 43.8 Å². The molecule has 0 bridgehead atoms. The average Bonchev–Trinajstić information content (AvgIpc) is 2.08. The minimum absolute atomic E-state index is 0.433. The molecule has 15 heavy (non-hydrogen) atoms. The number of halogens is 3. The molecule has 0 aliphatic carbocycles. The van der Waals surface area contributed by atoms with Crippen molar-refractivity contribution in [1.29, 1.82) is 0 Å². The van der Waals surface area contributed by atoms with E-state index in [0.717, 1.165) is 6.54 Å². The lowest BCUT2D eigenvalue weighted by Gasteiger charge is -2.22. The normalized spacial score (nSPS) is 12.8. The van der Waals surface area contributed by atoms with Crippen LogP contribution in [0, 0.1) is 5.92 Å². The molecule has 0 unspecified atom stereocenters. The molecule has 0 aromatic rings. The van der Waals surface area contributed by atoms with Crippen LogP contribution >= 0.6 is 0 Å². The van der Waals surface area contributed by atoms with Crippen LogP contribution in [-0.2, 0) is 0 Å². The minimum Gasteiger partial charge on any atom is -0.315 e. The fourth-order valence-electron chi connectivity index (χ4n) is 1.23. The fraction of sp³-hybridized carbons (Fsp3) is 1.00. The molecule has 92 valence electrons. The predicted octanol–water partition coefficient (Wildman–Crippen LogP) is 2.12. The number of likely N-dealkylation sites (N-methyl/N-ethyl adjacent to an activating group) is 1. The van der Waals surface area contributed by atoms with E-state index in [-0.39, 0.29) is 0 Å². The Morgan fingerprint density at radius 2 is 1.87 bits per heavy atom. The van der Waals surface area contributed by atoms with Crippen LogP contribution in [0.5, 0.6) is 0 Å². The van der Waals surface area contributed by atoms with E-state index in [1.54, 1.807) is 6.92 Å². The van der Waals surface area contributed by atoms with E-state index in [0.29, 0.717) is 25.6 Å². The Kier molecular flexibility index (Phi) is 6.92. The number of nitrogens with zero attached hydrogens (tertiary/aromatic N) is 1. The summed E-state index contributed by atoms with van der Waals surface area (Å²) in [5.41, 5.74) is 0. The van der Waals surface area contributed by atoms with E-state index in [1.807, 2.05) is 0 Å². The van der Waals surface area contributed by atoms with Gasteiger partial charge in [-0.3, -0.25) is 4.90 Å². The summed E-state index contributed by atoms with van der Waals surface area (Å²) in [6.45, 7) is 7.42. The third-order valence-corrected chi connectivity index (χ3v) is 2.01. The lowest BCUT2D eigenvalue weighted by atomic mass is 10.2. The fourth-order valence-corrected chi connectivity index (χ4v) is 1.23. The van der Waals surface area contributed by atoms with Gasteiger partial charge in [0, 0.05) is 13.1 Å². The lowest BCUT2D eigenvalue weighted by Crippen LogP contribution is -2.39. The summed E-state index contributed by atoms with van der Waals surface area (Å²) in [6, 6.07) is 0. The van der Waals surface area contributed by atoms with Gasteiger partial charge in [-0.05, 0) is 19.0 Å². The molecule has 0 fully saturated rings. The van der Waals surface area contributed by atoms with Gasteiger partial charge >= 0.3 is 6.18 Å². The molecule has 0 rings (SSSR count). The van der Waals surface area contributed by atoms with Gasteiger partial charge in [-0.2, -0.15) is 13.2 Å². The molecule has 0 amide bonds. The van der Waals surface area contributed by atoms with Crippen molar-refractivity contribution in [3.8, 4) is 0 Å². The molecule has 2 nitrogen and oxygen atoms in total. The van der Waals surface area contributed by atoms with Crippen molar-refractivity contribution in [1.82, 2.24) is 10.2 Å². The Balaban J connectivity index is 3.62. The second kappa shape index (κ2) is 7.06. The Labute approximate surface area is 89.8 Å². The third-order valence-electron chi connectivity index (χ3n) is 2.01. The molecular weight excluding hydrogens is 205 g/mol. The first-order valence-corrected chi connectivity index (χ1v) is 5.35. The van der Waals surface area contributed by atoms with Crippen molar-refractivity contribution in [2.24, 2.45) is 5.92 Å². The van der Waals surface area contributed by atoms with Crippen LogP contribution < -0.4 is 5.32 Å². The highest BCUT2D eigenvalue weighted by atomic mass is 19.4. The molecular formula is C10H21F3N2. The standard InChI is InChI=1S/C10H21F3N2/c1-4-15(8-10(11,12)13)6-5-14-7-9(2)3/h9,14H,4-8H2,1-3H3. The largest absolute Gasteiger partial charge is 0.401 e. The zero-order valence-corrected chi connectivity index (χ0v) is 9.69. The predicted molar refractivity (Wildman–Crippen MR) is 55.9 cm³/mol. The summed E-state index contributed by atoms with van der Waals surface area (Å²) < 4.78 is 36.2. The molecule has 0 saturated heterocycles. The maximum absolute atomic E-state index is 12.1. The summed E-state index contributed by atoms with van der Waals surface area (Å²) in [5, 5.41) is 3.13. The molecule has 0 aromatic carbocycles. The van der Waals surface area contributed by atoms with Crippen molar-refractivity contribution >= 4 is 0 Å². The number of alkyl halides is 3. The molecule has 0 aromatic heterocycles. The Bertz CT molecular complexity index is 157. The molecule has 0 spiro atoms. The molecule has 0 radical (unpaired) electrons. The molecule has 0 aliphatic rings. The van der Waals surface area contributed by atoms with Gasteiger partial charge < -0.3 is 5.32 Å². The zero-order valence-electron chi connectivity index (χ0n) is 9.69. The molecule has 0 saturated carbocycles. The van der Waals surface area contributed by atoms with Crippen molar-refractivity contribution < 1.29 is 13.2 Å². The monoisotopic (exact) mass is 226 g/mol. The van der Waals surface area contributed by atoms with Crippen LogP contribution in [0.3, 0.4) is 0 Å². The van der Waals surface area contributed by atoms with Gasteiger partial charge in [-0.15, -0.1) is 0 Å². The topological polar surface area (TPSA) is 15.3 Å². The summed E-state index contributed by atoms with van der Waals surface area (Å²) >= 11 is 0. The summed E-state index contributed by atoms with van der Waals surface area (Å²) in [4.78, 5) is 1.40. The Morgan fingerprint density at radius 3 is 2.27 bits per heavy atom. The first kappa shape index (κ1) is 14.7. The smallest absolute Gasteiger partial charge is 0.315 e. The van der Waals surface area contributed by atoms with Crippen LogP contribution in [0.25, 0.3) is 0 Å². The van der Waals surface area contributed by atoms with Gasteiger partial charge in [0.25, 0.3) is 0 Å². The van der Waals surface area contributed by atoms with E-state index < -0.39 is 12.7 Å². The van der Waals surface area contributed by atoms with Crippen molar-refractivity contribution in [2.75, 3.05) is 32.7 Å². The van der Waals surface area contributed by atoms with E-state index in [4.69, 9.17) is 0 Å². The Hall–Kier alpha value is -0.290. The third kappa shape index (κ3) is 10.0. The summed E-state index contributed by atoms with van der Waals surface area (Å²) in [7, 11) is 0. The average molecular weight is 226 g/mol. The molecule has 0 aliphatic heterocycles. The quantitative estimate of drug-likeness (QED) is 0.669. The van der Waals surface area contributed by atoms with Crippen molar-refractivity contribution in [3.63, 3.8) is 0 Å². The maximum atomic E-state index is 12.1. The molecule has 5 heteroatoms. The second-order valence-corrected chi connectivity index (χ2v) is 4.08. The van der Waals surface area contributed by atoms with Crippen molar-refractivity contribution in [3.05, 3.63) is 0 Å². The van der Waals surface area contributed by atoms with E-state index in [9.17, 15) is 13.2 Å². The first-order valence-electron chi connectivity index (χ1n) is 5.35. The van der Waals surface area contributed by atoms with E-state index in [1.165, 1.54) is 4.90 Å². The van der Waals surface area contributed by atoms with Crippen LogP contribution in [0.1, 0.15) is 20.8 Å².